The summed E-state index contributed by atoms with van der Waals surface area (Å²) in [5.41, 5.74) is 7.45. The number of amides is 1. The number of hydrogen-bond acceptors (Lipinski definition) is 4. The van der Waals surface area contributed by atoms with Crippen molar-refractivity contribution in [1.82, 2.24) is 9.69 Å². The number of primary amides is 1. The van der Waals surface area contributed by atoms with E-state index in [0.717, 1.165) is 22.2 Å². The minimum atomic E-state index is -0.502. The summed E-state index contributed by atoms with van der Waals surface area (Å²) in [6.45, 7) is 0.633. The van der Waals surface area contributed by atoms with E-state index in [-0.39, 0.29) is 5.91 Å². The van der Waals surface area contributed by atoms with E-state index in [2.05, 4.69) is 37.8 Å². The molecule has 1 unspecified atom stereocenters. The van der Waals surface area contributed by atoms with Crippen LogP contribution in [0.4, 0.5) is 0 Å². The summed E-state index contributed by atoms with van der Waals surface area (Å²) < 4.78 is 6.61. The van der Waals surface area contributed by atoms with E-state index in [9.17, 15) is 4.79 Å². The number of benzene rings is 2. The fraction of sp³-hybridized carbons (Fsp3) is 0.176. The Bertz CT molecular complexity index is 833. The molecule has 0 spiro atoms. The fourth-order valence-electron chi connectivity index (χ4n) is 2.52. The van der Waals surface area contributed by atoms with E-state index in [0.29, 0.717) is 6.54 Å². The van der Waals surface area contributed by atoms with Crippen LogP contribution in [0.1, 0.15) is 17.3 Å². The van der Waals surface area contributed by atoms with Gasteiger partial charge in [-0.3, -0.25) is 4.79 Å². The van der Waals surface area contributed by atoms with Crippen LogP contribution >= 0.6 is 27.5 Å². The summed E-state index contributed by atoms with van der Waals surface area (Å²) in [6, 6.07) is 15.3. The maximum absolute atomic E-state index is 11.7. The van der Waals surface area contributed by atoms with Crippen molar-refractivity contribution in [1.29, 1.82) is 0 Å². The highest BCUT2D eigenvalue weighted by molar-refractivity contribution is 9.10. The largest absolute Gasteiger partial charge is 0.368 e. The normalized spacial score (nSPS) is 12.4. The zero-order valence-electron chi connectivity index (χ0n) is 12.3. The molecular formula is C17H16BrN3OS. The van der Waals surface area contributed by atoms with Gasteiger partial charge in [0.1, 0.15) is 6.04 Å². The number of aromatic nitrogens is 1. The monoisotopic (exact) mass is 389 g/mol. The highest BCUT2D eigenvalue weighted by Gasteiger charge is 2.17. The number of halogens is 1. The molecule has 1 aromatic heterocycles. The van der Waals surface area contributed by atoms with Gasteiger partial charge >= 0.3 is 0 Å². The van der Waals surface area contributed by atoms with Gasteiger partial charge in [0.2, 0.25) is 5.91 Å². The van der Waals surface area contributed by atoms with Gasteiger partial charge in [0.05, 0.1) is 10.4 Å². The van der Waals surface area contributed by atoms with Gasteiger partial charge in [-0.05, 0) is 35.3 Å². The molecule has 1 amide bonds. The quantitative estimate of drug-likeness (QED) is 0.678. The lowest BCUT2D eigenvalue weighted by molar-refractivity contribution is -0.120. The van der Waals surface area contributed by atoms with Crippen molar-refractivity contribution in [3.8, 4) is 0 Å². The van der Waals surface area contributed by atoms with Gasteiger partial charge in [-0.1, -0.05) is 46.3 Å². The molecule has 1 atom stereocenters. The molecule has 0 aliphatic rings. The second-order valence-corrected chi connectivity index (χ2v) is 6.94. The molecule has 3 rings (SSSR count). The maximum atomic E-state index is 11.7. The van der Waals surface area contributed by atoms with E-state index in [4.69, 9.17) is 5.73 Å². The first-order valence-electron chi connectivity index (χ1n) is 7.26. The topological polar surface area (TPSA) is 68.0 Å². The Morgan fingerprint density at radius 3 is 2.87 bits per heavy atom. The summed E-state index contributed by atoms with van der Waals surface area (Å²) in [6.07, 6.45) is 0.752. The zero-order valence-corrected chi connectivity index (χ0v) is 14.7. The lowest BCUT2D eigenvalue weighted by atomic mass is 10.1. The first-order valence-corrected chi connectivity index (χ1v) is 8.83. The Hall–Kier alpha value is -1.76. The first kappa shape index (κ1) is 16.1. The summed E-state index contributed by atoms with van der Waals surface area (Å²) in [4.78, 5) is 11.7. The van der Waals surface area contributed by atoms with E-state index in [1.165, 1.54) is 21.6 Å². The second kappa shape index (κ2) is 7.21. The van der Waals surface area contributed by atoms with E-state index in [1.807, 2.05) is 36.4 Å². The van der Waals surface area contributed by atoms with Crippen molar-refractivity contribution in [2.24, 2.45) is 5.73 Å². The molecule has 23 heavy (non-hydrogen) atoms. The van der Waals surface area contributed by atoms with Gasteiger partial charge in [0.25, 0.3) is 0 Å². The number of carbonyl (C=O) groups excluding carboxylic acids is 1. The SMILES string of the molecule is NC(=O)C(NCCc1nsc2ccccc12)c1cccc(Br)c1. The van der Waals surface area contributed by atoms with Crippen LogP contribution in [0.2, 0.25) is 0 Å². The van der Waals surface area contributed by atoms with Gasteiger partial charge in [0.15, 0.2) is 0 Å². The van der Waals surface area contributed by atoms with Gasteiger partial charge in [0, 0.05) is 22.8 Å². The third-order valence-corrected chi connectivity index (χ3v) is 4.99. The molecule has 3 aromatic rings. The van der Waals surface area contributed by atoms with Crippen molar-refractivity contribution in [2.45, 2.75) is 12.5 Å². The Labute approximate surface area is 147 Å². The molecule has 3 N–H and O–H groups in total. The van der Waals surface area contributed by atoms with Gasteiger partial charge in [-0.15, -0.1) is 0 Å². The molecular weight excluding hydrogens is 374 g/mol. The summed E-state index contributed by atoms with van der Waals surface area (Å²) >= 11 is 4.92. The number of hydrogen-bond donors (Lipinski definition) is 2. The molecule has 0 aliphatic heterocycles. The van der Waals surface area contributed by atoms with Crippen molar-refractivity contribution >= 4 is 43.5 Å². The van der Waals surface area contributed by atoms with Crippen molar-refractivity contribution in [3.05, 3.63) is 64.3 Å². The van der Waals surface area contributed by atoms with Crippen LogP contribution in [0.3, 0.4) is 0 Å². The van der Waals surface area contributed by atoms with Crippen molar-refractivity contribution in [3.63, 3.8) is 0 Å². The predicted octanol–water partition coefficient (Wildman–Crippen LogP) is 3.42. The van der Waals surface area contributed by atoms with Crippen LogP contribution in [-0.4, -0.2) is 16.8 Å². The van der Waals surface area contributed by atoms with Crippen LogP contribution < -0.4 is 11.1 Å². The first-order chi connectivity index (χ1) is 11.1. The lowest BCUT2D eigenvalue weighted by Crippen LogP contribution is -2.34. The molecule has 4 nitrogen and oxygen atoms in total. The van der Waals surface area contributed by atoms with Crippen LogP contribution in [-0.2, 0) is 11.2 Å². The number of fused-ring (bicyclic) bond motifs is 1. The van der Waals surface area contributed by atoms with Crippen LogP contribution in [0.15, 0.2) is 53.0 Å². The molecule has 1 heterocycles. The van der Waals surface area contributed by atoms with Gasteiger partial charge in [-0.2, -0.15) is 4.37 Å². The standard InChI is InChI=1S/C17H16BrN3OS/c18-12-5-3-4-11(10-12)16(17(19)22)20-9-8-14-13-6-1-2-7-15(13)23-21-14/h1-7,10,16,20H,8-9H2,(H2,19,22). The Morgan fingerprint density at radius 1 is 1.26 bits per heavy atom. The number of nitrogens with two attached hydrogens (primary N) is 1. The average Bonchev–Trinajstić information content (AvgIpc) is 2.94. The van der Waals surface area contributed by atoms with E-state index < -0.39 is 6.04 Å². The lowest BCUT2D eigenvalue weighted by Gasteiger charge is -2.15. The molecule has 2 aromatic carbocycles. The molecule has 0 bridgehead atoms. The highest BCUT2D eigenvalue weighted by atomic mass is 79.9. The van der Waals surface area contributed by atoms with E-state index >= 15 is 0 Å². The van der Waals surface area contributed by atoms with Crippen molar-refractivity contribution < 1.29 is 4.79 Å². The summed E-state index contributed by atoms with van der Waals surface area (Å²) in [7, 11) is 0. The molecule has 0 saturated heterocycles. The molecule has 0 radical (unpaired) electrons. The van der Waals surface area contributed by atoms with Gasteiger partial charge in [-0.25, -0.2) is 0 Å². The predicted molar refractivity (Wildman–Crippen MR) is 97.4 cm³/mol. The number of nitrogens with one attached hydrogen (secondary N) is 1. The minimum Gasteiger partial charge on any atom is -0.368 e. The fourth-order valence-corrected chi connectivity index (χ4v) is 3.76. The van der Waals surface area contributed by atoms with Crippen LogP contribution in [0.25, 0.3) is 10.1 Å². The van der Waals surface area contributed by atoms with E-state index in [1.54, 1.807) is 0 Å². The Kier molecular flexibility index (Phi) is 5.05. The summed E-state index contributed by atoms with van der Waals surface area (Å²) in [5.74, 6) is -0.383. The van der Waals surface area contributed by atoms with Crippen LogP contribution in [0, 0.1) is 0 Å². The molecule has 0 saturated carbocycles. The minimum absolute atomic E-state index is 0.383. The summed E-state index contributed by atoms with van der Waals surface area (Å²) in [5, 5.41) is 4.41. The molecule has 118 valence electrons. The highest BCUT2D eigenvalue weighted by Crippen LogP contribution is 2.23. The molecule has 0 fully saturated rings. The third-order valence-electron chi connectivity index (χ3n) is 3.63. The molecule has 0 aliphatic carbocycles. The maximum Gasteiger partial charge on any atom is 0.239 e. The van der Waals surface area contributed by atoms with Gasteiger partial charge < -0.3 is 11.1 Å². The molecule has 6 heteroatoms. The zero-order chi connectivity index (χ0) is 16.2. The smallest absolute Gasteiger partial charge is 0.239 e. The number of carbonyl (C=O) groups is 1. The average molecular weight is 390 g/mol. The Balaban J connectivity index is 1.69. The third kappa shape index (κ3) is 3.77. The number of nitrogens with zero attached hydrogens (tertiary/aromatic N) is 1. The second-order valence-electron chi connectivity index (χ2n) is 5.22. The Morgan fingerprint density at radius 2 is 2.09 bits per heavy atom. The number of rotatable bonds is 6. The van der Waals surface area contributed by atoms with Crippen LogP contribution in [0.5, 0.6) is 0 Å². The van der Waals surface area contributed by atoms with Crippen molar-refractivity contribution in [2.75, 3.05) is 6.54 Å².